The van der Waals surface area contributed by atoms with Crippen LogP contribution in [0.3, 0.4) is 0 Å². The summed E-state index contributed by atoms with van der Waals surface area (Å²) < 4.78 is 35.3. The first-order valence-corrected chi connectivity index (χ1v) is 10.2. The summed E-state index contributed by atoms with van der Waals surface area (Å²) >= 11 is 0. The number of piperidine rings is 1. The van der Waals surface area contributed by atoms with Crippen LogP contribution >= 0.6 is 0 Å². The van der Waals surface area contributed by atoms with Gasteiger partial charge in [0.15, 0.2) is 0 Å². The molecule has 2 amide bonds. The average Bonchev–Trinajstić information content (AvgIpc) is 3.27. The van der Waals surface area contributed by atoms with Crippen LogP contribution in [0.1, 0.15) is 35.0 Å². The van der Waals surface area contributed by atoms with Crippen LogP contribution in [0.25, 0.3) is 0 Å². The highest BCUT2D eigenvalue weighted by atomic mass is 19.3. The van der Waals surface area contributed by atoms with Crippen molar-refractivity contribution in [1.82, 2.24) is 15.1 Å². The molecule has 2 heterocycles. The third kappa shape index (κ3) is 5.81. The molecule has 1 aromatic carbocycles. The zero-order chi connectivity index (χ0) is 22.4. The molecule has 1 aliphatic rings. The molecule has 9 heteroatoms. The van der Waals surface area contributed by atoms with Crippen LogP contribution in [0.5, 0.6) is 5.75 Å². The van der Waals surface area contributed by atoms with Crippen LogP contribution < -0.4 is 10.1 Å². The lowest BCUT2D eigenvalue weighted by Crippen LogP contribution is -2.46. The van der Waals surface area contributed by atoms with Crippen LogP contribution in [0, 0.1) is 5.92 Å². The Morgan fingerprint density at radius 3 is 2.71 bits per heavy atom. The summed E-state index contributed by atoms with van der Waals surface area (Å²) in [5, 5.41) is 2.96. The maximum atomic E-state index is 12.9. The van der Waals surface area contributed by atoms with Crippen molar-refractivity contribution in [3.8, 4) is 5.75 Å². The van der Waals surface area contributed by atoms with Crippen molar-refractivity contribution in [3.63, 3.8) is 0 Å². The lowest BCUT2D eigenvalue weighted by molar-refractivity contribution is -0.126. The number of halogens is 2. The molecule has 1 N–H and O–H groups in total. The summed E-state index contributed by atoms with van der Waals surface area (Å²) in [6.45, 7) is -1.97. The molecule has 2 atom stereocenters. The van der Waals surface area contributed by atoms with Crippen molar-refractivity contribution < 1.29 is 27.5 Å². The Morgan fingerprint density at radius 2 is 2.03 bits per heavy atom. The van der Waals surface area contributed by atoms with Gasteiger partial charge in [-0.15, -0.1) is 0 Å². The van der Waals surface area contributed by atoms with E-state index in [4.69, 9.17) is 4.42 Å². The van der Waals surface area contributed by atoms with Crippen molar-refractivity contribution in [1.29, 1.82) is 0 Å². The van der Waals surface area contributed by atoms with E-state index >= 15 is 0 Å². The number of rotatable bonds is 8. The summed E-state index contributed by atoms with van der Waals surface area (Å²) in [4.78, 5) is 29.2. The molecule has 1 aromatic heterocycles. The highest BCUT2D eigenvalue weighted by molar-refractivity contribution is 5.97. The number of carbonyl (C=O) groups is 2. The number of alkyl halides is 2. The predicted molar refractivity (Wildman–Crippen MR) is 110 cm³/mol. The number of hydrogen-bond acceptors (Lipinski definition) is 5. The molecule has 1 fully saturated rings. The molecule has 2 aromatic rings. The molecule has 1 saturated heterocycles. The Labute approximate surface area is 179 Å². The molecule has 7 nitrogen and oxygen atoms in total. The van der Waals surface area contributed by atoms with Crippen LogP contribution in [0.2, 0.25) is 0 Å². The van der Waals surface area contributed by atoms with Crippen LogP contribution in [-0.2, 0) is 4.79 Å². The minimum absolute atomic E-state index is 0.0642. The first-order chi connectivity index (χ1) is 14.9. The summed E-state index contributed by atoms with van der Waals surface area (Å²) in [6.07, 6.45) is 2.89. The van der Waals surface area contributed by atoms with Gasteiger partial charge in [-0.05, 0) is 51.2 Å². The van der Waals surface area contributed by atoms with E-state index in [0.29, 0.717) is 25.9 Å². The smallest absolute Gasteiger partial charge is 0.387 e. The Kier molecular flexibility index (Phi) is 7.62. The summed E-state index contributed by atoms with van der Waals surface area (Å²) in [7, 11) is 3.80. The molecule has 0 spiro atoms. The van der Waals surface area contributed by atoms with E-state index in [-0.39, 0.29) is 35.7 Å². The SMILES string of the molecule is CN(C)C(CNC(=O)C1CCCN(C(=O)c2ccccc2OC(F)F)C1)c1ccco1. The Bertz CT molecular complexity index is 873. The van der Waals surface area contributed by atoms with E-state index in [1.165, 1.54) is 23.1 Å². The van der Waals surface area contributed by atoms with Gasteiger partial charge in [-0.2, -0.15) is 8.78 Å². The molecule has 31 heavy (non-hydrogen) atoms. The molecule has 0 aliphatic carbocycles. The first kappa shape index (κ1) is 22.7. The summed E-state index contributed by atoms with van der Waals surface area (Å²) in [6, 6.07) is 9.46. The minimum Gasteiger partial charge on any atom is -0.468 e. The van der Waals surface area contributed by atoms with Gasteiger partial charge in [0.25, 0.3) is 5.91 Å². The monoisotopic (exact) mass is 435 g/mol. The number of nitrogens with one attached hydrogen (secondary N) is 1. The van der Waals surface area contributed by atoms with E-state index in [1.807, 2.05) is 25.1 Å². The number of likely N-dealkylation sites (N-methyl/N-ethyl adjacent to an activating group) is 1. The second-order valence-corrected chi connectivity index (χ2v) is 7.70. The van der Waals surface area contributed by atoms with Crippen molar-refractivity contribution >= 4 is 11.8 Å². The summed E-state index contributed by atoms with van der Waals surface area (Å²) in [5.74, 6) is -0.355. The fourth-order valence-electron chi connectivity index (χ4n) is 3.75. The van der Waals surface area contributed by atoms with Gasteiger partial charge in [0, 0.05) is 19.6 Å². The van der Waals surface area contributed by atoms with E-state index in [2.05, 4.69) is 10.1 Å². The third-order valence-electron chi connectivity index (χ3n) is 5.38. The van der Waals surface area contributed by atoms with E-state index in [1.54, 1.807) is 18.4 Å². The van der Waals surface area contributed by atoms with Crippen molar-refractivity contribution in [3.05, 3.63) is 54.0 Å². The van der Waals surface area contributed by atoms with E-state index in [0.717, 1.165) is 5.76 Å². The topological polar surface area (TPSA) is 75.0 Å². The van der Waals surface area contributed by atoms with Gasteiger partial charge in [-0.25, -0.2) is 0 Å². The van der Waals surface area contributed by atoms with Gasteiger partial charge in [-0.3, -0.25) is 14.5 Å². The number of likely N-dealkylation sites (tertiary alicyclic amines) is 1. The lowest BCUT2D eigenvalue weighted by atomic mass is 9.96. The number of ether oxygens (including phenoxy) is 1. The fourth-order valence-corrected chi connectivity index (χ4v) is 3.75. The van der Waals surface area contributed by atoms with E-state index < -0.39 is 12.5 Å². The number of carbonyl (C=O) groups excluding carboxylic acids is 2. The lowest BCUT2D eigenvalue weighted by Gasteiger charge is -2.33. The molecular formula is C22H27F2N3O4. The van der Waals surface area contributed by atoms with Crippen molar-refractivity contribution in [2.75, 3.05) is 33.7 Å². The predicted octanol–water partition coefficient (Wildman–Crippen LogP) is 3.15. The zero-order valence-corrected chi connectivity index (χ0v) is 17.6. The van der Waals surface area contributed by atoms with Gasteiger partial charge < -0.3 is 19.4 Å². The molecule has 1 aliphatic heterocycles. The Balaban J connectivity index is 1.62. The number of hydrogen-bond donors (Lipinski definition) is 1. The molecule has 0 bridgehead atoms. The number of para-hydroxylation sites is 1. The highest BCUT2D eigenvalue weighted by Crippen LogP contribution is 2.25. The van der Waals surface area contributed by atoms with Crippen LogP contribution in [0.4, 0.5) is 8.78 Å². The Hall–Kier alpha value is -2.94. The van der Waals surface area contributed by atoms with E-state index in [9.17, 15) is 18.4 Å². The van der Waals surface area contributed by atoms with Gasteiger partial charge in [0.1, 0.15) is 11.5 Å². The molecule has 3 rings (SSSR count). The molecule has 168 valence electrons. The second-order valence-electron chi connectivity index (χ2n) is 7.70. The fraction of sp³-hybridized carbons (Fsp3) is 0.455. The van der Waals surface area contributed by atoms with Gasteiger partial charge in [0.2, 0.25) is 5.91 Å². The quantitative estimate of drug-likeness (QED) is 0.690. The maximum absolute atomic E-state index is 12.9. The molecular weight excluding hydrogens is 408 g/mol. The first-order valence-electron chi connectivity index (χ1n) is 10.2. The molecule has 0 radical (unpaired) electrons. The second kappa shape index (κ2) is 10.4. The van der Waals surface area contributed by atoms with Gasteiger partial charge in [0.05, 0.1) is 23.8 Å². The third-order valence-corrected chi connectivity index (χ3v) is 5.38. The number of benzene rings is 1. The average molecular weight is 435 g/mol. The highest BCUT2D eigenvalue weighted by Gasteiger charge is 2.31. The van der Waals surface area contributed by atoms with Gasteiger partial charge >= 0.3 is 6.61 Å². The maximum Gasteiger partial charge on any atom is 0.387 e. The number of amides is 2. The Morgan fingerprint density at radius 1 is 1.26 bits per heavy atom. The zero-order valence-electron chi connectivity index (χ0n) is 17.6. The molecule has 2 unspecified atom stereocenters. The normalized spacial score (nSPS) is 17.6. The van der Waals surface area contributed by atoms with Crippen LogP contribution in [-0.4, -0.2) is 62.0 Å². The molecule has 0 saturated carbocycles. The largest absolute Gasteiger partial charge is 0.468 e. The summed E-state index contributed by atoms with van der Waals surface area (Å²) in [5.41, 5.74) is 0.0642. The minimum atomic E-state index is -3.02. The van der Waals surface area contributed by atoms with Crippen molar-refractivity contribution in [2.45, 2.75) is 25.5 Å². The number of nitrogens with zero attached hydrogens (tertiary/aromatic N) is 2. The van der Waals surface area contributed by atoms with Crippen molar-refractivity contribution in [2.24, 2.45) is 5.92 Å². The number of furan rings is 1. The standard InChI is InChI=1S/C22H27F2N3O4/c1-26(2)17(19-10-6-12-30-19)13-25-20(28)15-7-5-11-27(14-15)21(29)16-8-3-4-9-18(16)31-22(23)24/h3-4,6,8-10,12,15,17,22H,5,7,11,13-14H2,1-2H3,(H,25,28). The van der Waals surface area contributed by atoms with Crippen LogP contribution in [0.15, 0.2) is 47.1 Å². The van der Waals surface area contributed by atoms with Gasteiger partial charge in [-0.1, -0.05) is 12.1 Å².